The van der Waals surface area contributed by atoms with Crippen LogP contribution in [0.25, 0.3) is 0 Å². The van der Waals surface area contributed by atoms with Crippen molar-refractivity contribution in [3.8, 4) is 0 Å². The first kappa shape index (κ1) is 14.5. The van der Waals surface area contributed by atoms with E-state index in [0.717, 1.165) is 16.6 Å². The van der Waals surface area contributed by atoms with Crippen LogP contribution in [-0.2, 0) is 10.0 Å². The van der Waals surface area contributed by atoms with E-state index < -0.39 is 10.0 Å². The van der Waals surface area contributed by atoms with Gasteiger partial charge in [-0.25, -0.2) is 8.42 Å². The van der Waals surface area contributed by atoms with Crippen molar-refractivity contribution >= 4 is 53.2 Å². The van der Waals surface area contributed by atoms with E-state index in [2.05, 4.69) is 31.9 Å². The SMILES string of the molecule is O=S(=O)(c1cc(Br)sc1Br)N1CC2CCC(O)C2C1. The average Bonchev–Trinajstić information content (AvgIpc) is 2.96. The molecule has 2 aliphatic rings. The Bertz CT molecular complexity index is 601. The summed E-state index contributed by atoms with van der Waals surface area (Å²) in [6, 6.07) is 1.63. The second kappa shape index (κ2) is 5.06. The van der Waals surface area contributed by atoms with Gasteiger partial charge < -0.3 is 5.11 Å². The molecule has 1 aliphatic carbocycles. The molecule has 1 N–H and O–H groups in total. The quantitative estimate of drug-likeness (QED) is 0.784. The first-order valence-corrected chi connectivity index (χ1v) is 9.87. The number of sulfonamides is 1. The average molecular weight is 431 g/mol. The second-order valence-corrected chi connectivity index (χ2v) is 10.7. The normalized spacial score (nSPS) is 31.8. The van der Waals surface area contributed by atoms with Gasteiger partial charge in [0.1, 0.15) is 4.90 Å². The van der Waals surface area contributed by atoms with Crippen LogP contribution in [0.2, 0.25) is 0 Å². The summed E-state index contributed by atoms with van der Waals surface area (Å²) in [6.07, 6.45) is 1.38. The van der Waals surface area contributed by atoms with Gasteiger partial charge in [0.05, 0.1) is 13.7 Å². The van der Waals surface area contributed by atoms with Crippen LogP contribution in [0.4, 0.5) is 0 Å². The van der Waals surface area contributed by atoms with Crippen LogP contribution in [0.15, 0.2) is 18.5 Å². The maximum absolute atomic E-state index is 12.6. The van der Waals surface area contributed by atoms with E-state index in [-0.39, 0.29) is 12.0 Å². The lowest BCUT2D eigenvalue weighted by atomic mass is 10.00. The highest BCUT2D eigenvalue weighted by molar-refractivity contribution is 9.12. The van der Waals surface area contributed by atoms with E-state index >= 15 is 0 Å². The molecule has 1 saturated carbocycles. The fourth-order valence-corrected chi connectivity index (χ4v) is 8.33. The lowest BCUT2D eigenvalue weighted by Gasteiger charge is -2.17. The monoisotopic (exact) mass is 429 g/mol. The van der Waals surface area contributed by atoms with Gasteiger partial charge in [-0.15, -0.1) is 11.3 Å². The minimum atomic E-state index is -3.46. The summed E-state index contributed by atoms with van der Waals surface area (Å²) in [5, 5.41) is 9.88. The fraction of sp³-hybridized carbons (Fsp3) is 0.636. The number of halogens is 2. The second-order valence-electron chi connectivity index (χ2n) is 5.08. The number of aliphatic hydroxyl groups is 1. The maximum atomic E-state index is 12.6. The third-order valence-electron chi connectivity index (χ3n) is 4.03. The molecule has 106 valence electrons. The van der Waals surface area contributed by atoms with Gasteiger partial charge in [-0.3, -0.25) is 0 Å². The van der Waals surface area contributed by atoms with Crippen LogP contribution in [0.1, 0.15) is 12.8 Å². The first-order valence-electron chi connectivity index (χ1n) is 6.02. The number of rotatable bonds is 2. The minimum absolute atomic E-state index is 0.107. The lowest BCUT2D eigenvalue weighted by molar-refractivity contribution is 0.129. The Morgan fingerprint density at radius 1 is 1.32 bits per heavy atom. The molecule has 3 atom stereocenters. The van der Waals surface area contributed by atoms with Gasteiger partial charge in [0.25, 0.3) is 0 Å². The third-order valence-corrected chi connectivity index (χ3v) is 8.62. The van der Waals surface area contributed by atoms with E-state index in [9.17, 15) is 13.5 Å². The third kappa shape index (κ3) is 2.44. The van der Waals surface area contributed by atoms with Crippen molar-refractivity contribution in [1.29, 1.82) is 0 Å². The van der Waals surface area contributed by atoms with Gasteiger partial charge >= 0.3 is 0 Å². The molecule has 0 amide bonds. The minimum Gasteiger partial charge on any atom is -0.393 e. The van der Waals surface area contributed by atoms with Gasteiger partial charge in [-0.2, -0.15) is 4.31 Å². The van der Waals surface area contributed by atoms with Crippen LogP contribution >= 0.6 is 43.2 Å². The van der Waals surface area contributed by atoms with E-state index in [0.29, 0.717) is 27.7 Å². The molecule has 0 bridgehead atoms. The molecule has 19 heavy (non-hydrogen) atoms. The Kier molecular flexibility index (Phi) is 3.86. The molecule has 0 radical (unpaired) electrons. The molecule has 2 heterocycles. The fourth-order valence-electron chi connectivity index (χ4n) is 3.03. The molecule has 1 aliphatic heterocycles. The number of hydrogen-bond donors (Lipinski definition) is 1. The number of hydrogen-bond acceptors (Lipinski definition) is 4. The highest BCUT2D eigenvalue weighted by atomic mass is 79.9. The number of thiophene rings is 1. The Morgan fingerprint density at radius 2 is 2.05 bits per heavy atom. The molecule has 1 aromatic rings. The van der Waals surface area contributed by atoms with Gasteiger partial charge in [0.15, 0.2) is 0 Å². The summed E-state index contributed by atoms with van der Waals surface area (Å²) in [5.74, 6) is 0.418. The predicted octanol–water partition coefficient (Wildman–Crippen LogP) is 2.66. The lowest BCUT2D eigenvalue weighted by Crippen LogP contribution is -2.31. The van der Waals surface area contributed by atoms with Crippen molar-refractivity contribution < 1.29 is 13.5 Å². The zero-order valence-electron chi connectivity index (χ0n) is 9.92. The highest BCUT2D eigenvalue weighted by Crippen LogP contribution is 2.42. The molecule has 0 spiro atoms. The number of fused-ring (bicyclic) bond motifs is 1. The van der Waals surface area contributed by atoms with Crippen LogP contribution in [0.3, 0.4) is 0 Å². The Balaban J connectivity index is 1.89. The molecule has 0 aromatic carbocycles. The smallest absolute Gasteiger partial charge is 0.245 e. The largest absolute Gasteiger partial charge is 0.393 e. The van der Waals surface area contributed by atoms with Crippen LogP contribution < -0.4 is 0 Å². The van der Waals surface area contributed by atoms with E-state index in [1.54, 1.807) is 6.07 Å². The van der Waals surface area contributed by atoms with Crippen LogP contribution in [0, 0.1) is 11.8 Å². The molecular weight excluding hydrogens is 418 g/mol. The summed E-state index contributed by atoms with van der Waals surface area (Å²) >= 11 is 7.97. The standard InChI is InChI=1S/C11H13Br2NO3S2/c12-10-3-9(11(13)18-10)19(16,17)14-4-6-1-2-8(15)7(6)5-14/h3,6-8,15H,1-2,4-5H2. The zero-order valence-corrected chi connectivity index (χ0v) is 14.7. The first-order chi connectivity index (χ1) is 8.89. The molecule has 3 rings (SSSR count). The predicted molar refractivity (Wildman–Crippen MR) is 80.7 cm³/mol. The van der Waals surface area contributed by atoms with Crippen molar-refractivity contribution in [3.63, 3.8) is 0 Å². The summed E-state index contributed by atoms with van der Waals surface area (Å²) in [6.45, 7) is 0.970. The van der Waals surface area contributed by atoms with Crippen molar-refractivity contribution in [2.75, 3.05) is 13.1 Å². The van der Waals surface area contributed by atoms with Gasteiger partial charge in [0, 0.05) is 19.0 Å². The molecule has 3 unspecified atom stereocenters. The summed E-state index contributed by atoms with van der Waals surface area (Å²) in [5.41, 5.74) is 0. The maximum Gasteiger partial charge on any atom is 0.245 e. The summed E-state index contributed by atoms with van der Waals surface area (Å²) < 4.78 is 28.1. The Labute approximate surface area is 133 Å². The molecule has 2 fully saturated rings. The van der Waals surface area contributed by atoms with Crippen LogP contribution in [-0.4, -0.2) is 37.0 Å². The van der Waals surface area contributed by atoms with Crippen molar-refractivity contribution in [1.82, 2.24) is 4.31 Å². The molecular formula is C11H13Br2NO3S2. The topological polar surface area (TPSA) is 57.6 Å². The van der Waals surface area contributed by atoms with Crippen molar-refractivity contribution in [2.24, 2.45) is 11.8 Å². The van der Waals surface area contributed by atoms with E-state index in [1.807, 2.05) is 0 Å². The zero-order chi connectivity index (χ0) is 13.8. The molecule has 1 aromatic heterocycles. The number of aliphatic hydroxyl groups excluding tert-OH is 1. The van der Waals surface area contributed by atoms with Crippen molar-refractivity contribution in [2.45, 2.75) is 23.8 Å². The molecule has 1 saturated heterocycles. The molecule has 4 nitrogen and oxygen atoms in total. The van der Waals surface area contributed by atoms with E-state index in [4.69, 9.17) is 0 Å². The highest BCUT2D eigenvalue weighted by Gasteiger charge is 2.46. The number of nitrogens with zero attached hydrogens (tertiary/aromatic N) is 1. The van der Waals surface area contributed by atoms with Gasteiger partial charge in [-0.1, -0.05) is 0 Å². The van der Waals surface area contributed by atoms with Gasteiger partial charge in [0.2, 0.25) is 10.0 Å². The summed E-state index contributed by atoms with van der Waals surface area (Å²) in [4.78, 5) is 0.318. The van der Waals surface area contributed by atoms with Gasteiger partial charge in [-0.05, 0) is 56.7 Å². The van der Waals surface area contributed by atoms with Crippen molar-refractivity contribution in [3.05, 3.63) is 13.6 Å². The van der Waals surface area contributed by atoms with E-state index in [1.165, 1.54) is 15.6 Å². The Morgan fingerprint density at radius 3 is 2.63 bits per heavy atom. The van der Waals surface area contributed by atoms with Crippen LogP contribution in [0.5, 0.6) is 0 Å². The molecule has 8 heteroatoms. The Hall–Kier alpha value is 0.530. The summed E-state index contributed by atoms with van der Waals surface area (Å²) in [7, 11) is -3.46.